The van der Waals surface area contributed by atoms with Crippen LogP contribution in [-0.4, -0.2) is 46.4 Å². The van der Waals surface area contributed by atoms with Crippen molar-refractivity contribution >= 4 is 17.7 Å². The van der Waals surface area contributed by atoms with Gasteiger partial charge in [-0.25, -0.2) is 0 Å². The number of aryl methyl sites for hydroxylation is 1. The molecular formula is C25H31N3O4. The summed E-state index contributed by atoms with van der Waals surface area (Å²) in [4.78, 5) is 39.1. The van der Waals surface area contributed by atoms with E-state index in [1.165, 1.54) is 4.90 Å². The van der Waals surface area contributed by atoms with E-state index >= 15 is 0 Å². The van der Waals surface area contributed by atoms with Crippen molar-refractivity contribution in [3.63, 3.8) is 0 Å². The second-order valence-corrected chi connectivity index (χ2v) is 8.37. The number of amides is 3. The van der Waals surface area contributed by atoms with Gasteiger partial charge in [0, 0.05) is 19.0 Å². The normalized spacial score (nSPS) is 17.6. The summed E-state index contributed by atoms with van der Waals surface area (Å²) < 4.78 is 0. The predicted octanol–water partition coefficient (Wildman–Crippen LogP) is 1.70. The number of nitrogens with one attached hydrogen (secondary N) is 1. The van der Waals surface area contributed by atoms with Crippen LogP contribution in [0.25, 0.3) is 0 Å². The Morgan fingerprint density at radius 1 is 1.12 bits per heavy atom. The molecule has 3 amide bonds. The van der Waals surface area contributed by atoms with Crippen molar-refractivity contribution in [3.8, 4) is 0 Å². The van der Waals surface area contributed by atoms with E-state index in [2.05, 4.69) is 5.32 Å². The van der Waals surface area contributed by atoms with Crippen LogP contribution in [0.4, 0.5) is 0 Å². The molecule has 32 heavy (non-hydrogen) atoms. The molecule has 1 aliphatic heterocycles. The van der Waals surface area contributed by atoms with E-state index in [9.17, 15) is 19.5 Å². The number of hydrogen-bond donors (Lipinski definition) is 3. The zero-order valence-corrected chi connectivity index (χ0v) is 18.4. The van der Waals surface area contributed by atoms with Gasteiger partial charge in [0.25, 0.3) is 5.91 Å². The average Bonchev–Trinajstić information content (AvgIpc) is 3.28. The van der Waals surface area contributed by atoms with E-state index < -0.39 is 29.9 Å². The van der Waals surface area contributed by atoms with Crippen LogP contribution in [0.1, 0.15) is 36.0 Å². The number of rotatable bonds is 9. The number of nitrogens with zero attached hydrogens (tertiary/aromatic N) is 1. The smallest absolute Gasteiger partial charge is 0.252 e. The van der Waals surface area contributed by atoms with Gasteiger partial charge in [0.2, 0.25) is 11.8 Å². The van der Waals surface area contributed by atoms with Gasteiger partial charge in [0.05, 0.1) is 0 Å². The van der Waals surface area contributed by atoms with Gasteiger partial charge in [-0.05, 0) is 49.3 Å². The fourth-order valence-electron chi connectivity index (χ4n) is 4.17. The molecule has 4 N–H and O–H groups in total. The summed E-state index contributed by atoms with van der Waals surface area (Å²) in [6, 6.07) is 16.5. The standard InChI is InChI=1S/C25H31N3O4/c1-17-8-5-6-11-19(17)16-27-24(31)21-12-7-13-28(21)25(32)22(29)15-20(23(26)30)14-18-9-3-2-4-10-18/h2-6,8-11,20-22,29H,7,12-16H2,1H3,(H2,26,30)(H,27,31)/t20-,21+,22?/m1/s1. The molecule has 0 aromatic heterocycles. The fourth-order valence-corrected chi connectivity index (χ4v) is 4.17. The van der Waals surface area contributed by atoms with E-state index in [4.69, 9.17) is 5.73 Å². The lowest BCUT2D eigenvalue weighted by Crippen LogP contribution is -2.49. The largest absolute Gasteiger partial charge is 0.383 e. The third kappa shape index (κ3) is 5.95. The summed E-state index contributed by atoms with van der Waals surface area (Å²) in [6.07, 6.45) is 0.115. The van der Waals surface area contributed by atoms with Crippen molar-refractivity contribution in [2.24, 2.45) is 11.7 Å². The van der Waals surface area contributed by atoms with Crippen molar-refractivity contribution in [2.75, 3.05) is 6.54 Å². The molecule has 2 aromatic rings. The highest BCUT2D eigenvalue weighted by Crippen LogP contribution is 2.22. The van der Waals surface area contributed by atoms with Crippen molar-refractivity contribution in [1.29, 1.82) is 0 Å². The number of carbonyl (C=O) groups is 3. The molecule has 0 aliphatic carbocycles. The highest BCUT2D eigenvalue weighted by molar-refractivity contribution is 5.90. The first kappa shape index (κ1) is 23.5. The Hall–Kier alpha value is -3.19. The highest BCUT2D eigenvalue weighted by atomic mass is 16.3. The Bertz CT molecular complexity index is 947. The molecule has 1 unspecified atom stereocenters. The van der Waals surface area contributed by atoms with Crippen LogP contribution < -0.4 is 11.1 Å². The number of aliphatic hydroxyl groups excluding tert-OH is 1. The van der Waals surface area contributed by atoms with Gasteiger partial charge in [0.15, 0.2) is 0 Å². The lowest BCUT2D eigenvalue weighted by Gasteiger charge is -2.27. The van der Waals surface area contributed by atoms with Gasteiger partial charge in [-0.2, -0.15) is 0 Å². The van der Waals surface area contributed by atoms with Crippen LogP contribution in [0.15, 0.2) is 54.6 Å². The first-order chi connectivity index (χ1) is 15.4. The maximum Gasteiger partial charge on any atom is 0.252 e. The Morgan fingerprint density at radius 3 is 2.50 bits per heavy atom. The van der Waals surface area contributed by atoms with Gasteiger partial charge < -0.3 is 21.1 Å². The second-order valence-electron chi connectivity index (χ2n) is 8.37. The van der Waals surface area contributed by atoms with Crippen LogP contribution in [0.3, 0.4) is 0 Å². The molecule has 0 radical (unpaired) electrons. The Balaban J connectivity index is 1.60. The monoisotopic (exact) mass is 437 g/mol. The predicted molar refractivity (Wildman–Crippen MR) is 121 cm³/mol. The summed E-state index contributed by atoms with van der Waals surface area (Å²) in [5, 5.41) is 13.5. The second kappa shape index (κ2) is 10.9. The van der Waals surface area contributed by atoms with Crippen molar-refractivity contribution in [3.05, 3.63) is 71.3 Å². The number of aliphatic hydroxyl groups is 1. The molecule has 0 bridgehead atoms. The van der Waals surface area contributed by atoms with Gasteiger partial charge in [-0.15, -0.1) is 0 Å². The van der Waals surface area contributed by atoms with Gasteiger partial charge in [-0.3, -0.25) is 14.4 Å². The van der Waals surface area contributed by atoms with Crippen LogP contribution >= 0.6 is 0 Å². The molecule has 3 rings (SSSR count). The molecule has 7 nitrogen and oxygen atoms in total. The minimum Gasteiger partial charge on any atom is -0.383 e. The number of benzene rings is 2. The van der Waals surface area contributed by atoms with Gasteiger partial charge in [-0.1, -0.05) is 54.6 Å². The molecule has 0 saturated carbocycles. The molecule has 1 aliphatic rings. The quantitative estimate of drug-likeness (QED) is 0.554. The third-order valence-corrected chi connectivity index (χ3v) is 6.07. The van der Waals surface area contributed by atoms with Crippen molar-refractivity contribution in [1.82, 2.24) is 10.2 Å². The van der Waals surface area contributed by atoms with E-state index in [1.807, 2.05) is 61.5 Å². The zero-order valence-electron chi connectivity index (χ0n) is 18.4. The maximum atomic E-state index is 12.9. The van der Waals surface area contributed by atoms with E-state index in [-0.39, 0.29) is 12.3 Å². The van der Waals surface area contributed by atoms with Crippen molar-refractivity contribution in [2.45, 2.75) is 51.3 Å². The first-order valence-corrected chi connectivity index (χ1v) is 11.0. The highest BCUT2D eigenvalue weighted by Gasteiger charge is 2.37. The minimum atomic E-state index is -1.39. The van der Waals surface area contributed by atoms with Crippen LogP contribution in [0.2, 0.25) is 0 Å². The summed E-state index contributed by atoms with van der Waals surface area (Å²) in [5.41, 5.74) is 8.54. The van der Waals surface area contributed by atoms with Crippen LogP contribution in [0.5, 0.6) is 0 Å². The SMILES string of the molecule is Cc1ccccc1CNC(=O)[C@@H]1CCCN1C(=O)C(O)C[C@@H](Cc1ccccc1)C(N)=O. The van der Waals surface area contributed by atoms with E-state index in [0.29, 0.717) is 32.4 Å². The molecular weight excluding hydrogens is 406 g/mol. The van der Waals surface area contributed by atoms with E-state index in [0.717, 1.165) is 16.7 Å². The molecule has 7 heteroatoms. The maximum absolute atomic E-state index is 12.9. The Kier molecular flexibility index (Phi) is 8.00. The van der Waals surface area contributed by atoms with Gasteiger partial charge in [0.1, 0.15) is 12.1 Å². The molecule has 1 heterocycles. The number of nitrogens with two attached hydrogens (primary N) is 1. The van der Waals surface area contributed by atoms with Crippen LogP contribution in [0, 0.1) is 12.8 Å². The molecule has 2 aromatic carbocycles. The molecule has 1 fully saturated rings. The number of carbonyl (C=O) groups excluding carboxylic acids is 3. The minimum absolute atomic E-state index is 0.0723. The number of primary amides is 1. The summed E-state index contributed by atoms with van der Waals surface area (Å²) in [6.45, 7) is 2.76. The first-order valence-electron chi connectivity index (χ1n) is 11.0. The fraction of sp³-hybridized carbons (Fsp3) is 0.400. The topological polar surface area (TPSA) is 113 Å². The van der Waals surface area contributed by atoms with Crippen LogP contribution in [-0.2, 0) is 27.3 Å². The Labute approximate surface area is 188 Å². The Morgan fingerprint density at radius 2 is 1.81 bits per heavy atom. The molecule has 3 atom stereocenters. The van der Waals surface area contributed by atoms with Gasteiger partial charge >= 0.3 is 0 Å². The summed E-state index contributed by atoms with van der Waals surface area (Å²) >= 11 is 0. The van der Waals surface area contributed by atoms with Crippen molar-refractivity contribution < 1.29 is 19.5 Å². The lowest BCUT2D eigenvalue weighted by atomic mass is 9.92. The zero-order chi connectivity index (χ0) is 23.1. The lowest BCUT2D eigenvalue weighted by molar-refractivity contribution is -0.146. The molecule has 0 spiro atoms. The summed E-state index contributed by atoms with van der Waals surface area (Å²) in [5.74, 6) is -2.00. The summed E-state index contributed by atoms with van der Waals surface area (Å²) in [7, 11) is 0. The molecule has 1 saturated heterocycles. The number of hydrogen-bond acceptors (Lipinski definition) is 4. The average molecular weight is 438 g/mol. The van der Waals surface area contributed by atoms with E-state index in [1.54, 1.807) is 0 Å². The third-order valence-electron chi connectivity index (χ3n) is 6.07. The molecule has 170 valence electrons. The number of likely N-dealkylation sites (tertiary alicyclic amines) is 1.